The van der Waals surface area contributed by atoms with Crippen molar-refractivity contribution in [3.05, 3.63) is 24.3 Å². The summed E-state index contributed by atoms with van der Waals surface area (Å²) in [6.07, 6.45) is 2.56. The molecule has 1 saturated carbocycles. The molecule has 1 aromatic carbocycles. The number of carbonyl (C=O) groups excluding carboxylic acids is 1. The average molecular weight is 276 g/mol. The van der Waals surface area contributed by atoms with E-state index in [-0.39, 0.29) is 11.8 Å². The van der Waals surface area contributed by atoms with Gasteiger partial charge in [0.05, 0.1) is 12.6 Å². The molecule has 0 radical (unpaired) electrons. The molecule has 0 heterocycles. The predicted molar refractivity (Wildman–Crippen MR) is 81.9 cm³/mol. The van der Waals surface area contributed by atoms with Crippen LogP contribution in [0.25, 0.3) is 0 Å². The molecule has 1 aliphatic carbocycles. The average Bonchev–Trinajstić information content (AvgIpc) is 3.24. The topological polar surface area (TPSA) is 50.4 Å². The van der Waals surface area contributed by atoms with Crippen molar-refractivity contribution in [3.63, 3.8) is 0 Å². The smallest absolute Gasteiger partial charge is 0.226 e. The van der Waals surface area contributed by atoms with Crippen molar-refractivity contribution in [2.45, 2.75) is 32.7 Å². The third-order valence-corrected chi connectivity index (χ3v) is 3.57. The minimum Gasteiger partial charge on any atom is -0.383 e. The van der Waals surface area contributed by atoms with Crippen LogP contribution in [-0.4, -0.2) is 25.7 Å². The number of benzene rings is 1. The van der Waals surface area contributed by atoms with Crippen LogP contribution < -0.4 is 10.6 Å². The van der Waals surface area contributed by atoms with Gasteiger partial charge in [-0.15, -0.1) is 0 Å². The number of hydrogen-bond donors (Lipinski definition) is 2. The molecule has 1 aliphatic rings. The Kier molecular flexibility index (Phi) is 5.01. The first-order valence-electron chi connectivity index (χ1n) is 7.26. The zero-order chi connectivity index (χ0) is 14.5. The van der Waals surface area contributed by atoms with Crippen LogP contribution in [0.4, 0.5) is 11.4 Å². The van der Waals surface area contributed by atoms with Gasteiger partial charge in [-0.1, -0.05) is 13.8 Å². The van der Waals surface area contributed by atoms with Gasteiger partial charge in [-0.2, -0.15) is 0 Å². The molecule has 1 fully saturated rings. The van der Waals surface area contributed by atoms with E-state index in [9.17, 15) is 4.79 Å². The van der Waals surface area contributed by atoms with Gasteiger partial charge < -0.3 is 15.4 Å². The Morgan fingerprint density at radius 1 is 1.25 bits per heavy atom. The van der Waals surface area contributed by atoms with Crippen LogP contribution in [0.2, 0.25) is 0 Å². The second-order valence-corrected chi connectivity index (χ2v) is 5.76. The van der Waals surface area contributed by atoms with Crippen molar-refractivity contribution in [1.82, 2.24) is 0 Å². The first-order chi connectivity index (χ1) is 9.60. The Balaban J connectivity index is 1.91. The summed E-state index contributed by atoms with van der Waals surface area (Å²) < 4.78 is 5.26. The Labute approximate surface area is 120 Å². The normalized spacial score (nSPS) is 16.0. The number of ether oxygens (including phenoxy) is 1. The van der Waals surface area contributed by atoms with Crippen LogP contribution >= 0.6 is 0 Å². The summed E-state index contributed by atoms with van der Waals surface area (Å²) in [6, 6.07) is 8.25. The lowest BCUT2D eigenvalue weighted by atomic mass is 10.1. The number of hydrogen-bond acceptors (Lipinski definition) is 3. The van der Waals surface area contributed by atoms with Crippen molar-refractivity contribution in [2.75, 3.05) is 24.4 Å². The van der Waals surface area contributed by atoms with Gasteiger partial charge in [0.25, 0.3) is 0 Å². The number of carbonyl (C=O) groups is 1. The van der Waals surface area contributed by atoms with Gasteiger partial charge in [0, 0.05) is 24.4 Å². The molecule has 0 spiro atoms. The van der Waals surface area contributed by atoms with Crippen LogP contribution in [0, 0.1) is 11.8 Å². The molecule has 1 unspecified atom stereocenters. The van der Waals surface area contributed by atoms with E-state index in [0.717, 1.165) is 23.9 Å². The monoisotopic (exact) mass is 276 g/mol. The quantitative estimate of drug-likeness (QED) is 0.804. The minimum atomic E-state index is -0.00579. The third kappa shape index (κ3) is 4.23. The Hall–Kier alpha value is -1.55. The molecule has 1 amide bonds. The number of nitrogens with one attached hydrogen (secondary N) is 2. The van der Waals surface area contributed by atoms with Gasteiger partial charge in [-0.3, -0.25) is 4.79 Å². The van der Waals surface area contributed by atoms with Gasteiger partial charge >= 0.3 is 0 Å². The molecule has 1 atom stereocenters. The molecule has 110 valence electrons. The van der Waals surface area contributed by atoms with Crippen LogP contribution in [0.3, 0.4) is 0 Å². The zero-order valence-corrected chi connectivity index (χ0v) is 12.5. The molecule has 20 heavy (non-hydrogen) atoms. The van der Waals surface area contributed by atoms with Crippen LogP contribution in [-0.2, 0) is 9.53 Å². The van der Waals surface area contributed by atoms with Gasteiger partial charge in [0.1, 0.15) is 0 Å². The van der Waals surface area contributed by atoms with Crippen molar-refractivity contribution in [2.24, 2.45) is 11.8 Å². The minimum absolute atomic E-state index is 0.00579. The summed E-state index contributed by atoms with van der Waals surface area (Å²) in [5.74, 6) is 0.768. The summed E-state index contributed by atoms with van der Waals surface area (Å²) in [4.78, 5) is 11.6. The second kappa shape index (κ2) is 6.75. The number of amides is 1. The van der Waals surface area contributed by atoms with Crippen molar-refractivity contribution >= 4 is 17.3 Å². The van der Waals surface area contributed by atoms with Gasteiger partial charge in [-0.25, -0.2) is 0 Å². The molecule has 0 aromatic heterocycles. The molecular weight excluding hydrogens is 252 g/mol. The van der Waals surface area contributed by atoms with E-state index >= 15 is 0 Å². The van der Waals surface area contributed by atoms with E-state index in [0.29, 0.717) is 6.04 Å². The fraction of sp³-hybridized carbons (Fsp3) is 0.562. The van der Waals surface area contributed by atoms with E-state index < -0.39 is 0 Å². The van der Waals surface area contributed by atoms with Gasteiger partial charge in [0.2, 0.25) is 5.91 Å². The summed E-state index contributed by atoms with van der Waals surface area (Å²) >= 11 is 0. The predicted octanol–water partition coefficient (Wildman–Crippen LogP) is 3.12. The SMILES string of the molecule is COCC(Nc1ccc(NC(=O)C(C)C)cc1)C1CC1. The van der Waals surface area contributed by atoms with E-state index in [1.165, 1.54) is 12.8 Å². The summed E-state index contributed by atoms with van der Waals surface area (Å²) in [7, 11) is 1.74. The highest BCUT2D eigenvalue weighted by atomic mass is 16.5. The standard InChI is InChI=1S/C16H24N2O2/c1-11(2)16(19)18-14-8-6-13(7-9-14)17-15(10-20-3)12-4-5-12/h6-9,11-12,15,17H,4-5,10H2,1-3H3,(H,18,19). The highest BCUT2D eigenvalue weighted by molar-refractivity contribution is 5.92. The Morgan fingerprint density at radius 3 is 2.35 bits per heavy atom. The van der Waals surface area contributed by atoms with Gasteiger partial charge in [0.15, 0.2) is 0 Å². The first kappa shape index (κ1) is 14.9. The summed E-state index contributed by atoms with van der Waals surface area (Å²) in [6.45, 7) is 4.50. The van der Waals surface area contributed by atoms with Crippen LogP contribution in [0.5, 0.6) is 0 Å². The van der Waals surface area contributed by atoms with E-state index in [1.807, 2.05) is 38.1 Å². The molecule has 4 nitrogen and oxygen atoms in total. The molecule has 2 N–H and O–H groups in total. The molecule has 4 heteroatoms. The molecule has 1 aromatic rings. The van der Waals surface area contributed by atoms with Crippen LogP contribution in [0.1, 0.15) is 26.7 Å². The molecular formula is C16H24N2O2. The Bertz CT molecular complexity index is 438. The largest absolute Gasteiger partial charge is 0.383 e. The fourth-order valence-corrected chi connectivity index (χ4v) is 2.12. The van der Waals surface area contributed by atoms with Crippen molar-refractivity contribution in [3.8, 4) is 0 Å². The lowest BCUT2D eigenvalue weighted by Crippen LogP contribution is -2.27. The highest BCUT2D eigenvalue weighted by Crippen LogP contribution is 2.34. The fourth-order valence-electron chi connectivity index (χ4n) is 2.12. The zero-order valence-electron chi connectivity index (χ0n) is 12.5. The number of methoxy groups -OCH3 is 1. The van der Waals surface area contributed by atoms with Crippen LogP contribution in [0.15, 0.2) is 24.3 Å². The maximum absolute atomic E-state index is 11.6. The van der Waals surface area contributed by atoms with Gasteiger partial charge in [-0.05, 0) is 43.0 Å². The Morgan fingerprint density at radius 2 is 1.85 bits per heavy atom. The molecule has 0 bridgehead atoms. The number of rotatable bonds is 7. The maximum Gasteiger partial charge on any atom is 0.226 e. The lowest BCUT2D eigenvalue weighted by molar-refractivity contribution is -0.118. The molecule has 2 rings (SSSR count). The second-order valence-electron chi connectivity index (χ2n) is 5.76. The van der Waals surface area contributed by atoms with E-state index in [2.05, 4.69) is 10.6 Å². The number of anilines is 2. The third-order valence-electron chi connectivity index (χ3n) is 3.57. The first-order valence-corrected chi connectivity index (χ1v) is 7.26. The molecule has 0 saturated heterocycles. The lowest BCUT2D eigenvalue weighted by Gasteiger charge is -2.19. The van der Waals surface area contributed by atoms with E-state index in [4.69, 9.17) is 4.74 Å². The van der Waals surface area contributed by atoms with Crippen molar-refractivity contribution in [1.29, 1.82) is 0 Å². The summed E-state index contributed by atoms with van der Waals surface area (Å²) in [5, 5.41) is 6.40. The summed E-state index contributed by atoms with van der Waals surface area (Å²) in [5.41, 5.74) is 1.91. The highest BCUT2D eigenvalue weighted by Gasteiger charge is 2.31. The van der Waals surface area contributed by atoms with Crippen molar-refractivity contribution < 1.29 is 9.53 Å². The molecule has 0 aliphatic heterocycles. The van der Waals surface area contributed by atoms with E-state index in [1.54, 1.807) is 7.11 Å². The maximum atomic E-state index is 11.6.